The maximum absolute atomic E-state index is 13.2. The Morgan fingerprint density at radius 3 is 2.71 bits per heavy atom. The summed E-state index contributed by atoms with van der Waals surface area (Å²) in [5.41, 5.74) is 7.22. The van der Waals surface area contributed by atoms with Gasteiger partial charge in [-0.3, -0.25) is 14.5 Å². The van der Waals surface area contributed by atoms with E-state index in [1.165, 1.54) is 0 Å². The number of aromatic nitrogens is 2. The zero-order chi connectivity index (χ0) is 23.8. The van der Waals surface area contributed by atoms with Gasteiger partial charge in [0.2, 0.25) is 5.91 Å². The highest BCUT2D eigenvalue weighted by Gasteiger charge is 2.42. The Bertz CT molecular complexity index is 1110. The second-order valence-corrected chi connectivity index (χ2v) is 9.10. The van der Waals surface area contributed by atoms with Crippen LogP contribution in [0.3, 0.4) is 0 Å². The predicted octanol–water partition coefficient (Wildman–Crippen LogP) is 3.44. The molecule has 0 spiro atoms. The monoisotopic (exact) mass is 506 g/mol. The van der Waals surface area contributed by atoms with Crippen molar-refractivity contribution >= 4 is 47.5 Å². The number of halogens is 2. The third-order valence-electron chi connectivity index (χ3n) is 6.05. The topological polar surface area (TPSA) is 123 Å². The minimum Gasteiger partial charge on any atom is -0.378 e. The molecule has 0 saturated carbocycles. The van der Waals surface area contributed by atoms with E-state index in [-0.39, 0.29) is 48.5 Å². The van der Waals surface area contributed by atoms with Crippen LogP contribution in [0.15, 0.2) is 35.3 Å². The molecule has 1 aromatic heterocycles. The normalized spacial score (nSPS) is 24.8. The molecule has 1 aromatic carbocycles. The van der Waals surface area contributed by atoms with E-state index in [4.69, 9.17) is 27.1 Å². The summed E-state index contributed by atoms with van der Waals surface area (Å²) in [6, 6.07) is 8.49. The third kappa shape index (κ3) is 5.16. The largest absolute Gasteiger partial charge is 0.378 e. The van der Waals surface area contributed by atoms with Crippen LogP contribution in [-0.2, 0) is 15.1 Å². The number of nitrogens with zero attached hydrogens (tertiary/aromatic N) is 4. The first-order valence-electron chi connectivity index (χ1n) is 10.9. The van der Waals surface area contributed by atoms with Gasteiger partial charge < -0.3 is 15.8 Å². The summed E-state index contributed by atoms with van der Waals surface area (Å²) in [6.45, 7) is 6.18. The molecule has 2 aliphatic rings. The van der Waals surface area contributed by atoms with E-state index >= 15 is 0 Å². The van der Waals surface area contributed by atoms with Gasteiger partial charge in [0.25, 0.3) is 5.91 Å². The molecule has 0 bridgehead atoms. The van der Waals surface area contributed by atoms with Crippen molar-refractivity contribution in [1.29, 1.82) is 0 Å². The zero-order valence-electron chi connectivity index (χ0n) is 19.2. The number of nitrogens with two attached hydrogens (primary N) is 1. The van der Waals surface area contributed by atoms with Gasteiger partial charge in [-0.2, -0.15) is 5.10 Å². The lowest BCUT2D eigenvalue weighted by atomic mass is 9.86. The van der Waals surface area contributed by atoms with Crippen molar-refractivity contribution in [2.45, 2.75) is 57.7 Å². The molecule has 2 amide bonds. The lowest BCUT2D eigenvalue weighted by molar-refractivity contribution is -0.133. The Morgan fingerprint density at radius 2 is 2.06 bits per heavy atom. The molecule has 11 heteroatoms. The summed E-state index contributed by atoms with van der Waals surface area (Å²) in [5.74, 6) is -0.368. The number of nitrogens with one attached hydrogen (secondary N) is 1. The number of carbonyl (C=O) groups is 2. The summed E-state index contributed by atoms with van der Waals surface area (Å²) in [6.07, 6.45) is 1.60. The van der Waals surface area contributed by atoms with Crippen molar-refractivity contribution in [3.63, 3.8) is 0 Å². The molecule has 0 aliphatic carbocycles. The van der Waals surface area contributed by atoms with Crippen molar-refractivity contribution < 1.29 is 14.3 Å². The van der Waals surface area contributed by atoms with Gasteiger partial charge in [-0.15, -0.1) is 17.5 Å². The number of ether oxygens (including phenoxy) is 1. The van der Waals surface area contributed by atoms with Crippen LogP contribution in [0.4, 0.5) is 5.69 Å². The first-order chi connectivity index (χ1) is 15.7. The van der Waals surface area contributed by atoms with E-state index in [9.17, 15) is 9.59 Å². The molecule has 2 aliphatic heterocycles. The molecule has 3 atom stereocenters. The SMILES string of the molecule is Cc1ccc(C(=O)Nc2cccc([C@]3(C)CC(=O)N([C@@H]4CCO[C@H](C)C4)C(N)=N3)c2Cl)nn1.Cl. The summed E-state index contributed by atoms with van der Waals surface area (Å²) in [4.78, 5) is 32.1. The van der Waals surface area contributed by atoms with Crippen molar-refractivity contribution in [2.75, 3.05) is 11.9 Å². The number of amides is 2. The van der Waals surface area contributed by atoms with Crippen LogP contribution in [0.25, 0.3) is 0 Å². The van der Waals surface area contributed by atoms with Gasteiger partial charge in [0.05, 0.1) is 34.5 Å². The maximum atomic E-state index is 13.2. The van der Waals surface area contributed by atoms with E-state index in [0.717, 1.165) is 0 Å². The summed E-state index contributed by atoms with van der Waals surface area (Å²) in [7, 11) is 0. The van der Waals surface area contributed by atoms with Crippen molar-refractivity contribution in [3.05, 3.63) is 52.3 Å². The number of benzene rings is 1. The fraction of sp³-hybridized carbons (Fsp3) is 0.435. The predicted molar refractivity (Wildman–Crippen MR) is 132 cm³/mol. The van der Waals surface area contributed by atoms with Crippen LogP contribution in [-0.4, -0.2) is 51.6 Å². The number of carbonyl (C=O) groups excluding carboxylic acids is 2. The maximum Gasteiger partial charge on any atom is 0.276 e. The minimum atomic E-state index is -0.962. The van der Waals surface area contributed by atoms with Gasteiger partial charge in [-0.25, -0.2) is 4.99 Å². The lowest BCUT2D eigenvalue weighted by Gasteiger charge is -2.41. The molecule has 0 unspecified atom stereocenters. The Kier molecular flexibility index (Phi) is 7.80. The summed E-state index contributed by atoms with van der Waals surface area (Å²) in [5, 5.41) is 10.9. The highest BCUT2D eigenvalue weighted by atomic mass is 35.5. The Balaban J connectivity index is 0.00000324. The average molecular weight is 507 g/mol. The van der Waals surface area contributed by atoms with E-state index < -0.39 is 11.4 Å². The average Bonchev–Trinajstić information content (AvgIpc) is 2.75. The van der Waals surface area contributed by atoms with Crippen LogP contribution in [0.2, 0.25) is 5.02 Å². The smallest absolute Gasteiger partial charge is 0.276 e. The molecule has 1 fully saturated rings. The second-order valence-electron chi connectivity index (χ2n) is 8.73. The van der Waals surface area contributed by atoms with E-state index in [1.54, 1.807) is 42.2 Å². The molecule has 34 heavy (non-hydrogen) atoms. The molecule has 3 heterocycles. The number of aryl methyl sites for hydroxylation is 1. The number of guanidine groups is 1. The van der Waals surface area contributed by atoms with Gasteiger partial charge >= 0.3 is 0 Å². The van der Waals surface area contributed by atoms with Gasteiger partial charge in [-0.1, -0.05) is 23.7 Å². The molecule has 0 radical (unpaired) electrons. The summed E-state index contributed by atoms with van der Waals surface area (Å²) >= 11 is 6.69. The lowest BCUT2D eigenvalue weighted by Crippen LogP contribution is -2.56. The van der Waals surface area contributed by atoms with Crippen LogP contribution < -0.4 is 11.1 Å². The zero-order valence-corrected chi connectivity index (χ0v) is 20.8. The Morgan fingerprint density at radius 1 is 1.29 bits per heavy atom. The highest BCUT2D eigenvalue weighted by Crippen LogP contribution is 2.41. The molecule has 4 rings (SSSR count). The van der Waals surface area contributed by atoms with Crippen LogP contribution >= 0.6 is 24.0 Å². The highest BCUT2D eigenvalue weighted by molar-refractivity contribution is 6.34. The Labute approximate surface area is 209 Å². The number of anilines is 1. The van der Waals surface area contributed by atoms with E-state index in [0.29, 0.717) is 41.4 Å². The fourth-order valence-corrected chi connectivity index (χ4v) is 4.74. The van der Waals surface area contributed by atoms with Gasteiger partial charge in [0.1, 0.15) is 0 Å². The third-order valence-corrected chi connectivity index (χ3v) is 6.46. The first-order valence-corrected chi connectivity index (χ1v) is 11.3. The van der Waals surface area contributed by atoms with Gasteiger partial charge in [0, 0.05) is 18.2 Å². The molecule has 1 saturated heterocycles. The standard InChI is InChI=1S/C23H27ClN6O3.ClH/c1-13-7-8-18(29-28-13)21(32)26-17-6-4-5-16(20(17)24)23(3)12-19(31)30(22(25)27-23)15-9-10-33-14(2)11-15;/h4-8,14-15H,9-12H2,1-3H3,(H2,25,27)(H,26,32);1H/t14-,15-,23+;/m1./s1. The molecular weight excluding hydrogens is 479 g/mol. The quantitative estimate of drug-likeness (QED) is 0.654. The second kappa shape index (κ2) is 10.2. The molecular formula is C23H28Cl2N6O3. The van der Waals surface area contributed by atoms with E-state index in [1.807, 2.05) is 13.8 Å². The van der Waals surface area contributed by atoms with Crippen LogP contribution in [0, 0.1) is 6.92 Å². The number of hydrogen-bond acceptors (Lipinski definition) is 7. The van der Waals surface area contributed by atoms with Crippen LogP contribution in [0.5, 0.6) is 0 Å². The molecule has 3 N–H and O–H groups in total. The molecule has 182 valence electrons. The van der Waals surface area contributed by atoms with Crippen LogP contribution in [0.1, 0.15) is 54.9 Å². The van der Waals surface area contributed by atoms with E-state index in [2.05, 4.69) is 15.5 Å². The van der Waals surface area contributed by atoms with Crippen molar-refractivity contribution in [2.24, 2.45) is 10.7 Å². The number of rotatable bonds is 4. The van der Waals surface area contributed by atoms with Gasteiger partial charge in [-0.05, 0) is 51.8 Å². The minimum absolute atomic E-state index is 0. The molecule has 9 nitrogen and oxygen atoms in total. The van der Waals surface area contributed by atoms with Crippen molar-refractivity contribution in [1.82, 2.24) is 15.1 Å². The summed E-state index contributed by atoms with van der Waals surface area (Å²) < 4.78 is 5.60. The fourth-order valence-electron chi connectivity index (χ4n) is 4.36. The first kappa shape index (κ1) is 25.9. The van der Waals surface area contributed by atoms with Crippen molar-refractivity contribution in [3.8, 4) is 0 Å². The number of hydrogen-bond donors (Lipinski definition) is 2. The Hall–Kier alpha value is -2.75. The molecule has 2 aromatic rings. The number of aliphatic imine (C=N–C) groups is 1. The van der Waals surface area contributed by atoms with Gasteiger partial charge in [0.15, 0.2) is 11.7 Å².